The van der Waals surface area contributed by atoms with Crippen LogP contribution in [-0.2, 0) is 4.79 Å². The summed E-state index contributed by atoms with van der Waals surface area (Å²) >= 11 is 0. The number of benzene rings is 2. The minimum absolute atomic E-state index is 0.0268. The van der Waals surface area contributed by atoms with Crippen molar-refractivity contribution in [2.75, 3.05) is 18.5 Å². The van der Waals surface area contributed by atoms with Gasteiger partial charge in [-0.3, -0.25) is 4.79 Å². The second kappa shape index (κ2) is 10.5. The van der Waals surface area contributed by atoms with Crippen molar-refractivity contribution < 1.29 is 14.3 Å². The van der Waals surface area contributed by atoms with E-state index in [2.05, 4.69) is 25.2 Å². The molecule has 140 valence electrons. The molecular weight excluding hydrogens is 326 g/mol. The van der Waals surface area contributed by atoms with Crippen LogP contribution in [-0.4, -0.2) is 19.1 Å². The quantitative estimate of drug-likeness (QED) is 0.590. The van der Waals surface area contributed by atoms with Crippen molar-refractivity contribution in [3.8, 4) is 11.5 Å². The van der Waals surface area contributed by atoms with Gasteiger partial charge < -0.3 is 14.8 Å². The zero-order valence-electron chi connectivity index (χ0n) is 16.0. The van der Waals surface area contributed by atoms with E-state index >= 15 is 0 Å². The van der Waals surface area contributed by atoms with Crippen molar-refractivity contribution in [1.29, 1.82) is 0 Å². The van der Waals surface area contributed by atoms with E-state index in [1.807, 2.05) is 43.3 Å². The average molecular weight is 355 g/mol. The SMILES string of the molecule is CCCCOc1ccccc1NC(=O)CCCOc1cccc(C)c1C. The Balaban J connectivity index is 1.78. The highest BCUT2D eigenvalue weighted by molar-refractivity contribution is 5.92. The van der Waals surface area contributed by atoms with Crippen molar-refractivity contribution in [3.05, 3.63) is 53.6 Å². The molecule has 2 rings (SSSR count). The third kappa shape index (κ3) is 6.10. The summed E-state index contributed by atoms with van der Waals surface area (Å²) in [6.07, 6.45) is 3.15. The normalized spacial score (nSPS) is 10.4. The fraction of sp³-hybridized carbons (Fsp3) is 0.409. The average Bonchev–Trinajstić information content (AvgIpc) is 2.63. The van der Waals surface area contributed by atoms with Crippen LogP contribution in [0, 0.1) is 13.8 Å². The summed E-state index contributed by atoms with van der Waals surface area (Å²) in [5.74, 6) is 1.59. The molecule has 0 spiro atoms. The molecule has 4 nitrogen and oxygen atoms in total. The van der Waals surface area contributed by atoms with E-state index in [9.17, 15) is 4.79 Å². The Morgan fingerprint density at radius 3 is 2.42 bits per heavy atom. The number of anilines is 1. The molecule has 0 atom stereocenters. The van der Waals surface area contributed by atoms with E-state index in [4.69, 9.17) is 9.47 Å². The maximum Gasteiger partial charge on any atom is 0.224 e. The highest BCUT2D eigenvalue weighted by atomic mass is 16.5. The van der Waals surface area contributed by atoms with E-state index in [1.165, 1.54) is 5.56 Å². The van der Waals surface area contributed by atoms with Gasteiger partial charge in [0.15, 0.2) is 0 Å². The van der Waals surface area contributed by atoms with Crippen LogP contribution in [0.1, 0.15) is 43.7 Å². The summed E-state index contributed by atoms with van der Waals surface area (Å²) < 4.78 is 11.5. The first kappa shape index (κ1) is 19.8. The molecule has 2 aromatic rings. The minimum Gasteiger partial charge on any atom is -0.493 e. The van der Waals surface area contributed by atoms with Gasteiger partial charge in [0.25, 0.3) is 0 Å². The lowest BCUT2D eigenvalue weighted by atomic mass is 10.1. The number of ether oxygens (including phenoxy) is 2. The predicted molar refractivity (Wildman–Crippen MR) is 106 cm³/mol. The highest BCUT2D eigenvalue weighted by Crippen LogP contribution is 2.24. The van der Waals surface area contributed by atoms with Gasteiger partial charge in [-0.2, -0.15) is 0 Å². The molecule has 0 unspecified atom stereocenters. The summed E-state index contributed by atoms with van der Waals surface area (Å²) in [4.78, 5) is 12.2. The lowest BCUT2D eigenvalue weighted by Crippen LogP contribution is -2.14. The summed E-state index contributed by atoms with van der Waals surface area (Å²) in [6, 6.07) is 13.6. The monoisotopic (exact) mass is 355 g/mol. The molecule has 0 aliphatic carbocycles. The van der Waals surface area contributed by atoms with Gasteiger partial charge in [-0.15, -0.1) is 0 Å². The number of carbonyl (C=O) groups is 1. The lowest BCUT2D eigenvalue weighted by molar-refractivity contribution is -0.116. The van der Waals surface area contributed by atoms with Crippen LogP contribution in [0.4, 0.5) is 5.69 Å². The van der Waals surface area contributed by atoms with E-state index in [0.717, 1.165) is 35.6 Å². The Morgan fingerprint density at radius 1 is 0.923 bits per heavy atom. The largest absolute Gasteiger partial charge is 0.493 e. The highest BCUT2D eigenvalue weighted by Gasteiger charge is 2.08. The molecule has 0 aromatic heterocycles. The molecule has 0 saturated heterocycles. The number of carbonyl (C=O) groups excluding carboxylic acids is 1. The fourth-order valence-electron chi connectivity index (χ4n) is 2.53. The topological polar surface area (TPSA) is 47.6 Å². The number of hydrogen-bond acceptors (Lipinski definition) is 3. The Bertz CT molecular complexity index is 712. The maximum absolute atomic E-state index is 12.2. The van der Waals surface area contributed by atoms with Gasteiger partial charge in [-0.05, 0) is 56.0 Å². The number of hydrogen-bond donors (Lipinski definition) is 1. The third-order valence-corrected chi connectivity index (χ3v) is 4.28. The van der Waals surface area contributed by atoms with Gasteiger partial charge in [0, 0.05) is 6.42 Å². The smallest absolute Gasteiger partial charge is 0.224 e. The van der Waals surface area contributed by atoms with Gasteiger partial charge >= 0.3 is 0 Å². The fourth-order valence-corrected chi connectivity index (χ4v) is 2.53. The Morgan fingerprint density at radius 2 is 1.62 bits per heavy atom. The predicted octanol–water partition coefficient (Wildman–Crippen LogP) is 5.28. The molecule has 0 saturated carbocycles. The van der Waals surface area contributed by atoms with Crippen LogP contribution in [0.5, 0.6) is 11.5 Å². The second-order valence-corrected chi connectivity index (χ2v) is 6.40. The van der Waals surface area contributed by atoms with Crippen molar-refractivity contribution in [1.82, 2.24) is 0 Å². The van der Waals surface area contributed by atoms with Crippen LogP contribution in [0.3, 0.4) is 0 Å². The Kier molecular flexibility index (Phi) is 8.00. The molecule has 1 amide bonds. The van der Waals surface area contributed by atoms with Crippen molar-refractivity contribution in [2.45, 2.75) is 46.5 Å². The minimum atomic E-state index is -0.0268. The number of nitrogens with one attached hydrogen (secondary N) is 1. The van der Waals surface area contributed by atoms with Gasteiger partial charge in [0.2, 0.25) is 5.91 Å². The zero-order valence-corrected chi connectivity index (χ0v) is 16.0. The van der Waals surface area contributed by atoms with Gasteiger partial charge in [0.05, 0.1) is 18.9 Å². The first-order valence-corrected chi connectivity index (χ1v) is 9.32. The third-order valence-electron chi connectivity index (χ3n) is 4.28. The molecule has 1 N–H and O–H groups in total. The summed E-state index contributed by atoms with van der Waals surface area (Å²) in [6.45, 7) is 7.42. The van der Waals surface area contributed by atoms with Crippen molar-refractivity contribution >= 4 is 11.6 Å². The van der Waals surface area contributed by atoms with E-state index < -0.39 is 0 Å². The summed E-state index contributed by atoms with van der Waals surface area (Å²) in [5.41, 5.74) is 3.08. The van der Waals surface area contributed by atoms with E-state index in [-0.39, 0.29) is 5.91 Å². The first-order chi connectivity index (χ1) is 12.6. The van der Waals surface area contributed by atoms with Gasteiger partial charge in [-0.1, -0.05) is 37.6 Å². The lowest BCUT2D eigenvalue weighted by Gasteiger charge is -2.13. The summed E-state index contributed by atoms with van der Waals surface area (Å²) in [5, 5.41) is 2.94. The van der Waals surface area contributed by atoms with Crippen LogP contribution in [0.2, 0.25) is 0 Å². The molecule has 0 aliphatic heterocycles. The molecule has 0 aliphatic rings. The Hall–Kier alpha value is -2.49. The van der Waals surface area contributed by atoms with Crippen LogP contribution in [0.25, 0.3) is 0 Å². The molecule has 0 fully saturated rings. The number of unbranched alkanes of at least 4 members (excludes halogenated alkanes) is 1. The standard InChI is InChI=1S/C22H29NO3/c1-4-5-15-26-21-12-7-6-11-19(21)23-22(24)14-9-16-25-20-13-8-10-17(2)18(20)3/h6-8,10-13H,4-5,9,14-16H2,1-3H3,(H,23,24). The molecule has 4 heteroatoms. The van der Waals surface area contributed by atoms with Crippen LogP contribution < -0.4 is 14.8 Å². The Labute approximate surface area is 156 Å². The number of aryl methyl sites for hydroxylation is 1. The molecular formula is C22H29NO3. The van der Waals surface area contributed by atoms with Crippen LogP contribution in [0.15, 0.2) is 42.5 Å². The van der Waals surface area contributed by atoms with Gasteiger partial charge in [-0.25, -0.2) is 0 Å². The second-order valence-electron chi connectivity index (χ2n) is 6.40. The molecule has 0 radical (unpaired) electrons. The van der Waals surface area contributed by atoms with Crippen molar-refractivity contribution in [3.63, 3.8) is 0 Å². The molecule has 0 bridgehead atoms. The number of para-hydroxylation sites is 2. The van der Waals surface area contributed by atoms with Gasteiger partial charge in [0.1, 0.15) is 11.5 Å². The zero-order chi connectivity index (χ0) is 18.8. The number of rotatable bonds is 10. The summed E-state index contributed by atoms with van der Waals surface area (Å²) in [7, 11) is 0. The molecule has 26 heavy (non-hydrogen) atoms. The first-order valence-electron chi connectivity index (χ1n) is 9.32. The maximum atomic E-state index is 12.2. The van der Waals surface area contributed by atoms with E-state index in [0.29, 0.717) is 26.1 Å². The number of amides is 1. The van der Waals surface area contributed by atoms with Crippen molar-refractivity contribution in [2.24, 2.45) is 0 Å². The van der Waals surface area contributed by atoms with Crippen LogP contribution >= 0.6 is 0 Å². The van der Waals surface area contributed by atoms with E-state index in [1.54, 1.807) is 0 Å². The molecule has 2 aromatic carbocycles. The molecule has 0 heterocycles.